The van der Waals surface area contributed by atoms with E-state index < -0.39 is 7.12 Å². The Balaban J connectivity index is 2.07. The monoisotopic (exact) mass is 304 g/mol. The molecule has 0 bridgehead atoms. The lowest BCUT2D eigenvalue weighted by molar-refractivity contribution is 0.419. The summed E-state index contributed by atoms with van der Waals surface area (Å²) in [5.74, 6) is 1.72. The summed E-state index contributed by atoms with van der Waals surface area (Å²) in [5, 5.41) is 28.0. The van der Waals surface area contributed by atoms with Crippen molar-refractivity contribution in [3.63, 3.8) is 0 Å². The van der Waals surface area contributed by atoms with Crippen molar-refractivity contribution >= 4 is 24.3 Å². The van der Waals surface area contributed by atoms with Crippen LogP contribution < -0.4 is 11.0 Å². The van der Waals surface area contributed by atoms with Crippen molar-refractivity contribution in [1.82, 2.24) is 9.97 Å². The maximum atomic E-state index is 12.1. The zero-order chi connectivity index (χ0) is 15.0. The smallest absolute Gasteiger partial charge is 0.492 e. The molecule has 0 radical (unpaired) electrons. The van der Waals surface area contributed by atoms with E-state index >= 15 is 0 Å². The Kier molecular flexibility index (Phi) is 3.75. The van der Waals surface area contributed by atoms with Crippen LogP contribution in [0.4, 0.5) is 0 Å². The molecule has 0 saturated heterocycles. The van der Waals surface area contributed by atoms with Gasteiger partial charge in [-0.05, 0) is 18.2 Å². The molecule has 3 rings (SSSR count). The van der Waals surface area contributed by atoms with Gasteiger partial charge in [0.25, 0.3) is 5.56 Å². The van der Waals surface area contributed by atoms with Crippen molar-refractivity contribution in [2.45, 2.75) is 12.2 Å². The van der Waals surface area contributed by atoms with E-state index in [-0.39, 0.29) is 16.8 Å². The molecule has 0 spiro atoms. The lowest BCUT2D eigenvalue weighted by Gasteiger charge is -2.14. The van der Waals surface area contributed by atoms with Crippen LogP contribution in [0.1, 0.15) is 11.3 Å². The number of phenols is 1. The van der Waals surface area contributed by atoms with Gasteiger partial charge in [-0.2, -0.15) is 11.8 Å². The van der Waals surface area contributed by atoms with E-state index in [1.807, 2.05) is 0 Å². The number of aryl methyl sites for hydroxylation is 1. The van der Waals surface area contributed by atoms with Gasteiger partial charge in [0.15, 0.2) is 0 Å². The first-order valence-electron chi connectivity index (χ1n) is 6.45. The number of hydrogen-bond donors (Lipinski definition) is 4. The first-order chi connectivity index (χ1) is 10.1. The van der Waals surface area contributed by atoms with E-state index in [1.54, 1.807) is 17.8 Å². The first-order valence-corrected chi connectivity index (χ1v) is 7.61. The SMILES string of the molecule is O=c1[nH]c(-c2ccc(B(O)O)c(O)c2)nc2c1CSCC2. The quantitative estimate of drug-likeness (QED) is 0.563. The van der Waals surface area contributed by atoms with Gasteiger partial charge in [-0.1, -0.05) is 12.1 Å². The van der Waals surface area contributed by atoms with Crippen molar-refractivity contribution in [2.24, 2.45) is 0 Å². The molecule has 0 saturated carbocycles. The molecular weight excluding hydrogens is 291 g/mol. The first kappa shape index (κ1) is 14.2. The van der Waals surface area contributed by atoms with Crippen LogP contribution in [0.2, 0.25) is 0 Å². The average Bonchev–Trinajstić information content (AvgIpc) is 2.46. The van der Waals surface area contributed by atoms with Crippen LogP contribution in [-0.4, -0.2) is 38.0 Å². The fourth-order valence-electron chi connectivity index (χ4n) is 2.29. The fraction of sp³-hybridized carbons (Fsp3) is 0.231. The van der Waals surface area contributed by atoms with E-state index in [1.165, 1.54) is 12.1 Å². The van der Waals surface area contributed by atoms with Gasteiger partial charge in [-0.15, -0.1) is 0 Å². The molecular formula is C13H13BN2O4S. The van der Waals surface area contributed by atoms with Gasteiger partial charge in [0, 0.05) is 22.3 Å². The van der Waals surface area contributed by atoms with E-state index in [4.69, 9.17) is 10.0 Å². The largest absolute Gasteiger partial charge is 0.508 e. The number of H-pyrrole nitrogens is 1. The number of nitrogens with one attached hydrogen (secondary N) is 1. The molecule has 1 aromatic carbocycles. The molecule has 0 unspecified atom stereocenters. The van der Waals surface area contributed by atoms with Crippen LogP contribution in [0, 0.1) is 0 Å². The second-order valence-corrected chi connectivity index (χ2v) is 5.89. The summed E-state index contributed by atoms with van der Waals surface area (Å²) in [6.07, 6.45) is 0.746. The summed E-state index contributed by atoms with van der Waals surface area (Å²) < 4.78 is 0. The van der Waals surface area contributed by atoms with Gasteiger partial charge in [0.1, 0.15) is 11.6 Å². The summed E-state index contributed by atoms with van der Waals surface area (Å²) in [5.41, 5.74) is 1.87. The molecule has 8 heteroatoms. The number of phenolic OH excluding ortho intramolecular Hbond substituents is 1. The number of aromatic nitrogens is 2. The maximum absolute atomic E-state index is 12.1. The second-order valence-electron chi connectivity index (χ2n) is 4.79. The van der Waals surface area contributed by atoms with Gasteiger partial charge in [-0.3, -0.25) is 4.79 Å². The Bertz CT molecular complexity index is 747. The third kappa shape index (κ3) is 2.69. The van der Waals surface area contributed by atoms with Crippen molar-refractivity contribution in [3.05, 3.63) is 39.8 Å². The molecule has 0 aliphatic carbocycles. The highest BCUT2D eigenvalue weighted by Crippen LogP contribution is 2.23. The van der Waals surface area contributed by atoms with Gasteiger partial charge >= 0.3 is 7.12 Å². The summed E-state index contributed by atoms with van der Waals surface area (Å²) in [6.45, 7) is 0. The van der Waals surface area contributed by atoms with Gasteiger partial charge in [0.2, 0.25) is 0 Å². The zero-order valence-electron chi connectivity index (χ0n) is 11.0. The highest BCUT2D eigenvalue weighted by atomic mass is 32.2. The minimum absolute atomic E-state index is 0.00968. The zero-order valence-corrected chi connectivity index (χ0v) is 11.9. The van der Waals surface area contributed by atoms with Crippen molar-refractivity contribution in [1.29, 1.82) is 0 Å². The Morgan fingerprint density at radius 3 is 2.86 bits per heavy atom. The van der Waals surface area contributed by atoms with E-state index in [9.17, 15) is 9.90 Å². The maximum Gasteiger partial charge on any atom is 0.492 e. The molecule has 1 aliphatic heterocycles. The number of hydrogen-bond acceptors (Lipinski definition) is 6. The number of aromatic amines is 1. The number of fused-ring (bicyclic) bond motifs is 1. The number of nitrogens with zero attached hydrogens (tertiary/aromatic N) is 1. The van der Waals surface area contributed by atoms with Crippen LogP contribution in [0.15, 0.2) is 23.0 Å². The third-order valence-corrected chi connectivity index (χ3v) is 4.40. The normalized spacial score (nSPS) is 13.8. The van der Waals surface area contributed by atoms with Gasteiger partial charge < -0.3 is 20.1 Å². The Hall–Kier alpha value is -1.77. The van der Waals surface area contributed by atoms with Crippen LogP contribution in [0.25, 0.3) is 11.4 Å². The Labute approximate surface area is 125 Å². The number of aromatic hydroxyl groups is 1. The van der Waals surface area contributed by atoms with Gasteiger partial charge in [0.05, 0.1) is 5.69 Å². The molecule has 108 valence electrons. The summed E-state index contributed by atoms with van der Waals surface area (Å²) in [7, 11) is -1.74. The van der Waals surface area contributed by atoms with E-state index in [0.717, 1.165) is 17.9 Å². The Morgan fingerprint density at radius 2 is 2.14 bits per heavy atom. The van der Waals surface area contributed by atoms with E-state index in [0.29, 0.717) is 22.7 Å². The van der Waals surface area contributed by atoms with Crippen molar-refractivity contribution in [3.8, 4) is 17.1 Å². The van der Waals surface area contributed by atoms with Gasteiger partial charge in [-0.25, -0.2) is 4.98 Å². The molecule has 2 aromatic rings. The number of benzene rings is 1. The molecule has 0 amide bonds. The molecule has 2 heterocycles. The molecule has 1 aromatic heterocycles. The van der Waals surface area contributed by atoms with Crippen molar-refractivity contribution in [2.75, 3.05) is 5.75 Å². The van der Waals surface area contributed by atoms with Crippen LogP contribution >= 0.6 is 11.8 Å². The summed E-state index contributed by atoms with van der Waals surface area (Å²) >= 11 is 1.71. The minimum Gasteiger partial charge on any atom is -0.508 e. The molecule has 4 N–H and O–H groups in total. The van der Waals surface area contributed by atoms with Crippen LogP contribution in [-0.2, 0) is 12.2 Å². The molecule has 21 heavy (non-hydrogen) atoms. The van der Waals surface area contributed by atoms with Crippen LogP contribution in [0.3, 0.4) is 0 Å². The lowest BCUT2D eigenvalue weighted by atomic mass is 9.79. The Morgan fingerprint density at radius 1 is 1.33 bits per heavy atom. The topological polar surface area (TPSA) is 106 Å². The average molecular weight is 304 g/mol. The van der Waals surface area contributed by atoms with E-state index in [2.05, 4.69) is 9.97 Å². The molecule has 1 aliphatic rings. The predicted octanol–water partition coefficient (Wildman–Crippen LogP) is -0.388. The minimum atomic E-state index is -1.74. The molecule has 6 nitrogen and oxygen atoms in total. The number of rotatable bonds is 2. The summed E-state index contributed by atoms with van der Waals surface area (Å²) in [4.78, 5) is 19.2. The second kappa shape index (κ2) is 5.55. The molecule has 0 atom stereocenters. The van der Waals surface area contributed by atoms with Crippen LogP contribution in [0.5, 0.6) is 5.75 Å². The highest BCUT2D eigenvalue weighted by Gasteiger charge is 2.19. The standard InChI is InChI=1S/C13H13BN2O4S/c17-11-5-7(1-2-9(11)14(19)20)12-15-10-3-4-21-6-8(10)13(18)16-12/h1-2,5,17,19-20H,3-4,6H2,(H,15,16,18). The third-order valence-electron chi connectivity index (χ3n) is 3.41. The molecule has 0 fully saturated rings. The summed E-state index contributed by atoms with van der Waals surface area (Å²) in [6, 6.07) is 4.33. The highest BCUT2D eigenvalue weighted by molar-refractivity contribution is 7.98. The number of thioether (sulfide) groups is 1. The lowest BCUT2D eigenvalue weighted by Crippen LogP contribution is -2.30. The van der Waals surface area contributed by atoms with Crippen molar-refractivity contribution < 1.29 is 15.2 Å². The predicted molar refractivity (Wildman–Crippen MR) is 81.7 cm³/mol. The fourth-order valence-corrected chi connectivity index (χ4v) is 3.27.